The maximum absolute atomic E-state index is 12.2. The van der Waals surface area contributed by atoms with Gasteiger partial charge in [-0.3, -0.25) is 4.79 Å². The molecule has 8 heteroatoms. The number of amides is 1. The molecule has 5 nitrogen and oxygen atoms in total. The fourth-order valence-corrected chi connectivity index (χ4v) is 4.30. The lowest BCUT2D eigenvalue weighted by Gasteiger charge is -2.07. The highest BCUT2D eigenvalue weighted by molar-refractivity contribution is 7.99. The highest BCUT2D eigenvalue weighted by Gasteiger charge is 2.12. The lowest BCUT2D eigenvalue weighted by Crippen LogP contribution is -2.14. The number of carbonyl (C=O) groups is 1. The number of hydrogen-bond acceptors (Lipinski definition) is 5. The van der Waals surface area contributed by atoms with Gasteiger partial charge in [0.25, 0.3) is 0 Å². The molecule has 1 N–H and O–H groups in total. The van der Waals surface area contributed by atoms with Crippen LogP contribution in [0.1, 0.15) is 17.0 Å². The first kappa shape index (κ1) is 20.8. The number of halogens is 1. The molecular formula is C20H21ClN4OS2. The molecule has 3 rings (SSSR count). The highest BCUT2D eigenvalue weighted by Crippen LogP contribution is 2.23. The summed E-state index contributed by atoms with van der Waals surface area (Å²) in [6, 6.07) is 15.7. The molecular weight excluding hydrogens is 412 g/mol. The second-order valence-corrected chi connectivity index (χ2v) is 8.59. The van der Waals surface area contributed by atoms with Gasteiger partial charge in [0, 0.05) is 12.8 Å². The smallest absolute Gasteiger partial charge is 0.234 e. The molecule has 0 saturated heterocycles. The standard InChI is InChI=1S/C20H21ClN4OS2/c1-14-7-9-15(10-8-14)11-27-12-18-23-24-20(25(18)2)28-13-19(26)22-17-6-4-3-5-16(17)21/h3-10H,11-13H2,1-2H3,(H,22,26). The van der Waals surface area contributed by atoms with Crippen molar-refractivity contribution in [3.8, 4) is 0 Å². The summed E-state index contributed by atoms with van der Waals surface area (Å²) in [6.07, 6.45) is 0. The lowest BCUT2D eigenvalue weighted by molar-refractivity contribution is -0.113. The molecule has 3 aromatic rings. The number of carbonyl (C=O) groups excluding carboxylic acids is 1. The van der Waals surface area contributed by atoms with Gasteiger partial charge < -0.3 is 9.88 Å². The van der Waals surface area contributed by atoms with Crippen molar-refractivity contribution in [1.29, 1.82) is 0 Å². The summed E-state index contributed by atoms with van der Waals surface area (Å²) in [5.41, 5.74) is 3.17. The van der Waals surface area contributed by atoms with Crippen LogP contribution in [0, 0.1) is 6.92 Å². The Labute approximate surface area is 178 Å². The Bertz CT molecular complexity index is 944. The van der Waals surface area contributed by atoms with E-state index in [2.05, 4.69) is 46.7 Å². The van der Waals surface area contributed by atoms with Gasteiger partial charge in [0.15, 0.2) is 5.16 Å². The van der Waals surface area contributed by atoms with E-state index in [1.807, 2.05) is 23.7 Å². The molecule has 146 valence electrons. The number of rotatable bonds is 8. The molecule has 0 aliphatic heterocycles. The number of para-hydroxylation sites is 1. The van der Waals surface area contributed by atoms with Crippen molar-refractivity contribution in [2.45, 2.75) is 23.6 Å². The van der Waals surface area contributed by atoms with Crippen LogP contribution in [0.5, 0.6) is 0 Å². The molecule has 1 heterocycles. The Morgan fingerprint density at radius 2 is 1.86 bits per heavy atom. The van der Waals surface area contributed by atoms with E-state index >= 15 is 0 Å². The number of hydrogen-bond donors (Lipinski definition) is 1. The first-order valence-corrected chi connectivity index (χ1v) is 11.2. The zero-order valence-electron chi connectivity index (χ0n) is 15.7. The van der Waals surface area contributed by atoms with Gasteiger partial charge in [-0.1, -0.05) is 65.3 Å². The number of aryl methyl sites for hydroxylation is 1. The molecule has 0 fully saturated rings. The van der Waals surface area contributed by atoms with Crippen molar-refractivity contribution in [3.05, 3.63) is 70.5 Å². The maximum atomic E-state index is 12.2. The minimum absolute atomic E-state index is 0.128. The van der Waals surface area contributed by atoms with Crippen molar-refractivity contribution < 1.29 is 4.79 Å². The van der Waals surface area contributed by atoms with E-state index in [4.69, 9.17) is 11.6 Å². The van der Waals surface area contributed by atoms with Crippen molar-refractivity contribution in [3.63, 3.8) is 0 Å². The Hall–Kier alpha value is -1.96. The van der Waals surface area contributed by atoms with E-state index in [-0.39, 0.29) is 11.7 Å². The predicted molar refractivity (Wildman–Crippen MR) is 118 cm³/mol. The third kappa shape index (κ3) is 5.77. The fourth-order valence-electron chi connectivity index (χ4n) is 2.42. The largest absolute Gasteiger partial charge is 0.324 e. The van der Waals surface area contributed by atoms with Crippen molar-refractivity contribution in [2.75, 3.05) is 11.1 Å². The zero-order chi connectivity index (χ0) is 19.9. The van der Waals surface area contributed by atoms with Crippen LogP contribution in [0.15, 0.2) is 53.7 Å². The van der Waals surface area contributed by atoms with Crippen molar-refractivity contribution in [2.24, 2.45) is 7.05 Å². The number of thioether (sulfide) groups is 2. The summed E-state index contributed by atoms with van der Waals surface area (Å²) in [4.78, 5) is 12.2. The summed E-state index contributed by atoms with van der Waals surface area (Å²) in [5, 5.41) is 12.5. The van der Waals surface area contributed by atoms with Crippen molar-refractivity contribution in [1.82, 2.24) is 14.8 Å². The second-order valence-electron chi connectivity index (χ2n) is 6.25. The third-order valence-corrected chi connectivity index (χ3v) is 6.38. The van der Waals surface area contributed by atoms with Gasteiger partial charge in [-0.15, -0.1) is 22.0 Å². The van der Waals surface area contributed by atoms with Crippen LogP contribution in [0.3, 0.4) is 0 Å². The number of anilines is 1. The monoisotopic (exact) mass is 432 g/mol. The molecule has 0 atom stereocenters. The van der Waals surface area contributed by atoms with E-state index < -0.39 is 0 Å². The van der Waals surface area contributed by atoms with Gasteiger partial charge in [-0.25, -0.2) is 0 Å². The molecule has 0 aliphatic carbocycles. The average molecular weight is 433 g/mol. The van der Waals surface area contributed by atoms with Gasteiger partial charge in [-0.05, 0) is 24.6 Å². The lowest BCUT2D eigenvalue weighted by atomic mass is 10.2. The Kier molecular flexibility index (Phi) is 7.42. The van der Waals surface area contributed by atoms with E-state index in [1.54, 1.807) is 23.9 Å². The Morgan fingerprint density at radius 1 is 1.11 bits per heavy atom. The Morgan fingerprint density at radius 3 is 2.61 bits per heavy atom. The number of nitrogens with one attached hydrogen (secondary N) is 1. The molecule has 0 unspecified atom stereocenters. The van der Waals surface area contributed by atoms with Gasteiger partial charge in [0.05, 0.1) is 22.2 Å². The molecule has 28 heavy (non-hydrogen) atoms. The van der Waals surface area contributed by atoms with E-state index in [0.717, 1.165) is 22.5 Å². The first-order valence-electron chi connectivity index (χ1n) is 8.71. The topological polar surface area (TPSA) is 59.8 Å². The summed E-state index contributed by atoms with van der Waals surface area (Å²) in [6.45, 7) is 2.09. The fraction of sp³-hybridized carbons (Fsp3) is 0.250. The van der Waals surface area contributed by atoms with Gasteiger partial charge in [0.2, 0.25) is 5.91 Å². The number of nitrogens with zero attached hydrogens (tertiary/aromatic N) is 3. The average Bonchev–Trinajstić information content (AvgIpc) is 3.03. The summed E-state index contributed by atoms with van der Waals surface area (Å²) < 4.78 is 1.94. The van der Waals surface area contributed by atoms with E-state index in [0.29, 0.717) is 10.7 Å². The zero-order valence-corrected chi connectivity index (χ0v) is 18.1. The highest BCUT2D eigenvalue weighted by atomic mass is 35.5. The van der Waals surface area contributed by atoms with Crippen LogP contribution in [-0.4, -0.2) is 26.4 Å². The van der Waals surface area contributed by atoms with Crippen LogP contribution >= 0.6 is 35.1 Å². The summed E-state index contributed by atoms with van der Waals surface area (Å²) >= 11 is 9.22. The van der Waals surface area contributed by atoms with E-state index in [9.17, 15) is 4.79 Å². The molecule has 0 bridgehead atoms. The SMILES string of the molecule is Cc1ccc(CSCc2nnc(SCC(=O)Nc3ccccc3Cl)n2C)cc1. The maximum Gasteiger partial charge on any atom is 0.234 e. The van der Waals surface area contributed by atoms with Crippen LogP contribution < -0.4 is 5.32 Å². The van der Waals surface area contributed by atoms with Gasteiger partial charge in [-0.2, -0.15) is 0 Å². The first-order chi connectivity index (χ1) is 13.5. The van der Waals surface area contributed by atoms with Gasteiger partial charge in [0.1, 0.15) is 5.82 Å². The third-order valence-electron chi connectivity index (χ3n) is 4.03. The minimum Gasteiger partial charge on any atom is -0.324 e. The second kappa shape index (κ2) is 10.0. The molecule has 0 saturated carbocycles. The van der Waals surface area contributed by atoms with E-state index in [1.165, 1.54) is 22.9 Å². The minimum atomic E-state index is -0.128. The molecule has 0 spiro atoms. The van der Waals surface area contributed by atoms with Crippen molar-refractivity contribution >= 4 is 46.7 Å². The summed E-state index contributed by atoms with van der Waals surface area (Å²) in [5.74, 6) is 2.70. The van der Waals surface area contributed by atoms with Crippen LogP contribution in [0.4, 0.5) is 5.69 Å². The molecule has 1 amide bonds. The molecule has 0 radical (unpaired) electrons. The van der Waals surface area contributed by atoms with Crippen LogP contribution in [-0.2, 0) is 23.3 Å². The predicted octanol–water partition coefficient (Wildman–Crippen LogP) is 4.94. The molecule has 1 aromatic heterocycles. The number of benzene rings is 2. The van der Waals surface area contributed by atoms with Crippen LogP contribution in [0.2, 0.25) is 5.02 Å². The normalized spacial score (nSPS) is 10.8. The Balaban J connectivity index is 1.48. The van der Waals surface area contributed by atoms with Gasteiger partial charge >= 0.3 is 0 Å². The summed E-state index contributed by atoms with van der Waals surface area (Å²) in [7, 11) is 1.93. The number of aromatic nitrogens is 3. The molecule has 0 aliphatic rings. The molecule has 2 aromatic carbocycles. The van der Waals surface area contributed by atoms with Crippen LogP contribution in [0.25, 0.3) is 0 Å². The quantitative estimate of drug-likeness (QED) is 0.511.